The highest BCUT2D eigenvalue weighted by molar-refractivity contribution is 5.99. The predicted octanol–water partition coefficient (Wildman–Crippen LogP) is 3.94. The number of hydrogen-bond acceptors (Lipinski definition) is 3. The van der Waals surface area contributed by atoms with Crippen LogP contribution in [0.25, 0.3) is 0 Å². The van der Waals surface area contributed by atoms with Gasteiger partial charge >= 0.3 is 0 Å². The number of furan rings is 1. The largest absolute Gasteiger partial charge is 0.464 e. The second-order valence-corrected chi connectivity index (χ2v) is 8.07. The van der Waals surface area contributed by atoms with E-state index in [2.05, 4.69) is 6.07 Å². The average Bonchev–Trinajstić information content (AvgIpc) is 3.32. The molecule has 2 aromatic rings. The molecular formula is C23H28N2O3. The second-order valence-electron chi connectivity index (χ2n) is 8.07. The predicted molar refractivity (Wildman–Crippen MR) is 108 cm³/mol. The van der Waals surface area contributed by atoms with Crippen LogP contribution in [-0.2, 0) is 22.6 Å². The van der Waals surface area contributed by atoms with Crippen molar-refractivity contribution in [3.63, 3.8) is 0 Å². The lowest BCUT2D eigenvalue weighted by Gasteiger charge is -2.34. The highest BCUT2D eigenvalue weighted by Gasteiger charge is 2.40. The average molecular weight is 380 g/mol. The number of carbonyl (C=O) groups is 2. The molecule has 148 valence electrons. The van der Waals surface area contributed by atoms with E-state index in [0.717, 1.165) is 55.9 Å². The van der Waals surface area contributed by atoms with E-state index in [-0.39, 0.29) is 23.7 Å². The molecule has 2 aliphatic rings. The van der Waals surface area contributed by atoms with Gasteiger partial charge in [-0.25, -0.2) is 0 Å². The van der Waals surface area contributed by atoms with E-state index >= 15 is 0 Å². The van der Waals surface area contributed by atoms with Gasteiger partial charge in [0.25, 0.3) is 0 Å². The number of rotatable bonds is 4. The van der Waals surface area contributed by atoms with Gasteiger partial charge in [0.15, 0.2) is 0 Å². The number of para-hydroxylation sites is 1. The third-order valence-corrected chi connectivity index (χ3v) is 6.12. The van der Waals surface area contributed by atoms with Gasteiger partial charge in [0.2, 0.25) is 11.8 Å². The molecule has 5 nitrogen and oxygen atoms in total. The van der Waals surface area contributed by atoms with Gasteiger partial charge in [-0.2, -0.15) is 0 Å². The van der Waals surface area contributed by atoms with Crippen LogP contribution in [0, 0.1) is 18.8 Å². The molecule has 1 aliphatic carbocycles. The zero-order chi connectivity index (χ0) is 19.7. The summed E-state index contributed by atoms with van der Waals surface area (Å²) < 4.78 is 5.62. The Balaban J connectivity index is 1.49. The summed E-state index contributed by atoms with van der Waals surface area (Å²) in [5.41, 5.74) is 2.24. The second kappa shape index (κ2) is 7.82. The van der Waals surface area contributed by atoms with Crippen LogP contribution in [0.2, 0.25) is 0 Å². The fraction of sp³-hybridized carbons (Fsp3) is 0.478. The summed E-state index contributed by atoms with van der Waals surface area (Å²) in [4.78, 5) is 30.2. The summed E-state index contributed by atoms with van der Waals surface area (Å²) in [5, 5.41) is 0. The zero-order valence-electron chi connectivity index (χ0n) is 16.7. The Bertz CT molecular complexity index is 872. The molecule has 1 fully saturated rings. The van der Waals surface area contributed by atoms with Crippen LogP contribution in [0.5, 0.6) is 0 Å². The van der Waals surface area contributed by atoms with Crippen LogP contribution in [0.1, 0.15) is 42.8 Å². The lowest BCUT2D eigenvalue weighted by Crippen LogP contribution is -2.45. The summed E-state index contributed by atoms with van der Waals surface area (Å²) in [6, 6.07) is 11.9. The van der Waals surface area contributed by atoms with Crippen molar-refractivity contribution in [2.75, 3.05) is 18.5 Å². The summed E-state index contributed by atoms with van der Waals surface area (Å²) >= 11 is 0. The first-order valence-corrected chi connectivity index (χ1v) is 10.2. The summed E-state index contributed by atoms with van der Waals surface area (Å²) in [6.07, 6.45) is 4.49. The van der Waals surface area contributed by atoms with Crippen molar-refractivity contribution in [2.24, 2.45) is 11.8 Å². The van der Waals surface area contributed by atoms with Crippen LogP contribution in [-0.4, -0.2) is 30.3 Å². The lowest BCUT2D eigenvalue weighted by molar-refractivity contribution is -0.142. The molecule has 0 bridgehead atoms. The highest BCUT2D eigenvalue weighted by atomic mass is 16.3. The van der Waals surface area contributed by atoms with E-state index in [4.69, 9.17) is 4.42 Å². The summed E-state index contributed by atoms with van der Waals surface area (Å²) in [5.74, 6) is 1.32. The smallest absolute Gasteiger partial charge is 0.230 e. The van der Waals surface area contributed by atoms with Crippen molar-refractivity contribution >= 4 is 17.5 Å². The van der Waals surface area contributed by atoms with Gasteiger partial charge in [-0.3, -0.25) is 9.59 Å². The fourth-order valence-electron chi connectivity index (χ4n) is 4.65. The Kier molecular flexibility index (Phi) is 5.25. The van der Waals surface area contributed by atoms with Gasteiger partial charge in [0.05, 0.1) is 12.5 Å². The van der Waals surface area contributed by atoms with Gasteiger partial charge in [-0.15, -0.1) is 0 Å². The molecule has 5 heteroatoms. The number of amides is 2. The summed E-state index contributed by atoms with van der Waals surface area (Å²) in [6.45, 7) is 3.06. The molecule has 1 saturated carbocycles. The van der Waals surface area contributed by atoms with E-state index in [1.54, 1.807) is 4.90 Å². The van der Waals surface area contributed by atoms with Gasteiger partial charge in [-0.05, 0) is 49.9 Å². The number of aryl methyl sites for hydroxylation is 1. The quantitative estimate of drug-likeness (QED) is 0.807. The molecular weight excluding hydrogens is 352 g/mol. The van der Waals surface area contributed by atoms with Crippen molar-refractivity contribution in [1.82, 2.24) is 4.90 Å². The maximum atomic E-state index is 13.4. The third kappa shape index (κ3) is 3.58. The first-order chi connectivity index (χ1) is 13.5. The summed E-state index contributed by atoms with van der Waals surface area (Å²) in [7, 11) is 1.81. The Labute approximate surface area is 166 Å². The van der Waals surface area contributed by atoms with Crippen molar-refractivity contribution < 1.29 is 14.0 Å². The van der Waals surface area contributed by atoms with Crippen molar-refractivity contribution in [2.45, 2.75) is 45.6 Å². The van der Waals surface area contributed by atoms with Crippen LogP contribution >= 0.6 is 0 Å². The van der Waals surface area contributed by atoms with Gasteiger partial charge in [-0.1, -0.05) is 31.0 Å². The molecule has 2 amide bonds. The Morgan fingerprint density at radius 3 is 2.61 bits per heavy atom. The van der Waals surface area contributed by atoms with E-state index in [1.807, 2.05) is 49.2 Å². The highest BCUT2D eigenvalue weighted by Crippen LogP contribution is 2.36. The maximum Gasteiger partial charge on any atom is 0.230 e. The third-order valence-electron chi connectivity index (χ3n) is 6.12. The molecule has 1 aliphatic heterocycles. The number of nitrogens with zero attached hydrogens (tertiary/aromatic N) is 2. The lowest BCUT2D eigenvalue weighted by atomic mass is 9.77. The normalized spacial score (nSPS) is 21.4. The van der Waals surface area contributed by atoms with Crippen LogP contribution in [0.3, 0.4) is 0 Å². The van der Waals surface area contributed by atoms with Crippen LogP contribution in [0.15, 0.2) is 40.8 Å². The monoisotopic (exact) mass is 380 g/mol. The van der Waals surface area contributed by atoms with Crippen LogP contribution in [0.4, 0.5) is 5.69 Å². The molecule has 2 unspecified atom stereocenters. The molecule has 0 radical (unpaired) electrons. The molecule has 0 N–H and O–H groups in total. The zero-order valence-corrected chi connectivity index (χ0v) is 16.7. The van der Waals surface area contributed by atoms with Gasteiger partial charge in [0, 0.05) is 25.2 Å². The maximum absolute atomic E-state index is 13.4. The topological polar surface area (TPSA) is 53.8 Å². The number of carbonyl (C=O) groups excluding carboxylic acids is 2. The van der Waals surface area contributed by atoms with E-state index in [9.17, 15) is 9.59 Å². The molecule has 4 rings (SSSR count). The van der Waals surface area contributed by atoms with Crippen molar-refractivity contribution in [3.8, 4) is 0 Å². The van der Waals surface area contributed by atoms with Gasteiger partial charge < -0.3 is 14.2 Å². The number of fused-ring (bicyclic) bond motifs is 1. The molecule has 2 atom stereocenters. The Morgan fingerprint density at radius 2 is 1.86 bits per heavy atom. The molecule has 28 heavy (non-hydrogen) atoms. The molecule has 1 aromatic heterocycles. The number of anilines is 1. The molecule has 0 spiro atoms. The molecule has 1 aromatic carbocycles. The minimum absolute atomic E-state index is 0.0552. The molecule has 2 heterocycles. The van der Waals surface area contributed by atoms with Crippen LogP contribution < -0.4 is 4.90 Å². The molecule has 0 saturated heterocycles. The Hall–Kier alpha value is -2.56. The van der Waals surface area contributed by atoms with E-state index in [0.29, 0.717) is 6.54 Å². The number of benzene rings is 1. The minimum atomic E-state index is -0.241. The Morgan fingerprint density at radius 1 is 1.11 bits per heavy atom. The SMILES string of the molecule is Cc1ccc(CN(C)C(=O)C2CCCCC2C(=O)N2CCc3ccccc32)o1. The fourth-order valence-corrected chi connectivity index (χ4v) is 4.65. The standard InChI is InChI=1S/C23H28N2O3/c1-16-11-12-18(28-16)15-24(2)22(26)19-8-4-5-9-20(19)23(27)25-14-13-17-7-3-6-10-21(17)25/h3,6-7,10-12,19-20H,4-5,8-9,13-15H2,1-2H3. The number of hydrogen-bond donors (Lipinski definition) is 0. The van der Waals surface area contributed by atoms with E-state index < -0.39 is 0 Å². The minimum Gasteiger partial charge on any atom is -0.464 e. The van der Waals surface area contributed by atoms with E-state index in [1.165, 1.54) is 5.56 Å². The van der Waals surface area contributed by atoms with Crippen molar-refractivity contribution in [1.29, 1.82) is 0 Å². The first kappa shape index (κ1) is 18.8. The first-order valence-electron chi connectivity index (χ1n) is 10.2. The van der Waals surface area contributed by atoms with Gasteiger partial charge in [0.1, 0.15) is 11.5 Å². The van der Waals surface area contributed by atoms with Crippen molar-refractivity contribution in [3.05, 3.63) is 53.5 Å².